The smallest absolute Gasteiger partial charge is 0.322 e. The summed E-state index contributed by atoms with van der Waals surface area (Å²) in [5.74, 6) is 0.989. The highest BCUT2D eigenvalue weighted by Gasteiger charge is 2.26. The Labute approximate surface area is 189 Å². The van der Waals surface area contributed by atoms with E-state index in [0.29, 0.717) is 18.1 Å². The molecule has 4 rings (SSSR count). The first-order chi connectivity index (χ1) is 14.8. The first-order valence-electron chi connectivity index (χ1n) is 9.44. The van der Waals surface area contributed by atoms with Gasteiger partial charge in [0.05, 0.1) is 11.1 Å². The molecule has 4 aromatic rings. The molecular weight excluding hydrogens is 461 g/mol. The zero-order valence-electron chi connectivity index (χ0n) is 16.6. The summed E-state index contributed by atoms with van der Waals surface area (Å²) in [5, 5.41) is 9.66. The fourth-order valence-corrected chi connectivity index (χ4v) is 5.18. The van der Waals surface area contributed by atoms with Crippen LogP contribution in [0.15, 0.2) is 53.6 Å². The van der Waals surface area contributed by atoms with Crippen molar-refractivity contribution in [2.75, 3.05) is 0 Å². The summed E-state index contributed by atoms with van der Waals surface area (Å²) in [6.07, 6.45) is 1.85. The van der Waals surface area contributed by atoms with Gasteiger partial charge in [0.2, 0.25) is 10.0 Å². The summed E-state index contributed by atoms with van der Waals surface area (Å²) in [5.41, 5.74) is 0.930. The number of nitrogens with zero attached hydrogens (tertiary/aromatic N) is 3. The molecule has 0 aliphatic carbocycles. The van der Waals surface area contributed by atoms with Crippen molar-refractivity contribution in [3.8, 4) is 11.8 Å². The highest BCUT2D eigenvalue weighted by Crippen LogP contribution is 2.28. The third kappa shape index (κ3) is 4.40. The maximum atomic E-state index is 12.8. The molecule has 162 valence electrons. The number of hydrogen-bond acceptors (Lipinski definition) is 5. The number of aromatic nitrogens is 4. The van der Waals surface area contributed by atoms with Gasteiger partial charge in [-0.3, -0.25) is 4.57 Å². The van der Waals surface area contributed by atoms with Gasteiger partial charge in [0.1, 0.15) is 10.6 Å². The molecule has 2 N–H and O–H groups in total. The molecule has 2 aromatic heterocycles. The van der Waals surface area contributed by atoms with Gasteiger partial charge in [0.15, 0.2) is 5.82 Å². The van der Waals surface area contributed by atoms with Crippen molar-refractivity contribution >= 4 is 44.1 Å². The Morgan fingerprint density at radius 2 is 1.97 bits per heavy atom. The number of benzene rings is 2. The lowest BCUT2D eigenvalue weighted by Crippen LogP contribution is -2.29. The lowest BCUT2D eigenvalue weighted by molar-refractivity contribution is 0.408. The second kappa shape index (κ2) is 8.51. The predicted molar refractivity (Wildman–Crippen MR) is 119 cm³/mol. The van der Waals surface area contributed by atoms with Crippen LogP contribution in [0, 0.1) is 0 Å². The zero-order valence-corrected chi connectivity index (χ0v) is 19.0. The quantitative estimate of drug-likeness (QED) is 0.391. The summed E-state index contributed by atoms with van der Waals surface area (Å²) in [6.45, 7) is 4.04. The van der Waals surface area contributed by atoms with E-state index in [1.54, 1.807) is 11.5 Å². The number of hydrogen-bond donors (Lipinski definition) is 2. The van der Waals surface area contributed by atoms with Gasteiger partial charge in [0, 0.05) is 29.3 Å². The van der Waals surface area contributed by atoms with Gasteiger partial charge in [0.25, 0.3) is 0 Å². The van der Waals surface area contributed by atoms with E-state index in [-0.39, 0.29) is 21.0 Å². The number of fused-ring (bicyclic) bond motifs is 1. The van der Waals surface area contributed by atoms with Crippen LogP contribution in [0.4, 0.5) is 0 Å². The maximum Gasteiger partial charge on any atom is 0.322 e. The van der Waals surface area contributed by atoms with E-state index in [0.717, 1.165) is 10.9 Å². The average molecular weight is 480 g/mol. The number of ether oxygens (including phenoxy) is 1. The van der Waals surface area contributed by atoms with Gasteiger partial charge in [-0.15, -0.1) is 5.10 Å². The molecule has 0 amide bonds. The molecule has 2 heterocycles. The van der Waals surface area contributed by atoms with E-state index in [4.69, 9.17) is 27.9 Å². The second-order valence-electron chi connectivity index (χ2n) is 6.83. The highest BCUT2D eigenvalue weighted by atomic mass is 35.5. The van der Waals surface area contributed by atoms with Crippen LogP contribution < -0.4 is 9.46 Å². The average Bonchev–Trinajstić information content (AvgIpc) is 3.35. The minimum Gasteiger partial charge on any atom is -0.424 e. The molecule has 0 spiro atoms. The van der Waals surface area contributed by atoms with Gasteiger partial charge >= 0.3 is 6.01 Å². The predicted octanol–water partition coefficient (Wildman–Crippen LogP) is 4.92. The molecule has 1 atom stereocenters. The first kappa shape index (κ1) is 21.6. The molecule has 0 saturated carbocycles. The summed E-state index contributed by atoms with van der Waals surface area (Å²) in [6, 6.07) is 11.4. The van der Waals surface area contributed by atoms with E-state index in [1.165, 1.54) is 18.2 Å². The molecule has 0 unspecified atom stereocenters. The minimum absolute atomic E-state index is 0.0739. The molecule has 31 heavy (non-hydrogen) atoms. The fourth-order valence-electron chi connectivity index (χ4n) is 3.22. The molecule has 8 nitrogen and oxygen atoms in total. The molecule has 0 radical (unpaired) electrons. The molecule has 0 fully saturated rings. The highest BCUT2D eigenvalue weighted by molar-refractivity contribution is 7.89. The van der Waals surface area contributed by atoms with Gasteiger partial charge in [-0.2, -0.15) is 0 Å². The minimum atomic E-state index is -3.95. The Morgan fingerprint density at radius 1 is 1.16 bits per heavy atom. The lowest BCUT2D eigenvalue weighted by Gasteiger charge is -2.16. The number of sulfonamides is 1. The summed E-state index contributed by atoms with van der Waals surface area (Å²) in [7, 11) is -3.95. The van der Waals surface area contributed by atoms with Gasteiger partial charge in [-0.05, 0) is 55.6 Å². The monoisotopic (exact) mass is 479 g/mol. The number of rotatable bonds is 7. The standard InChI is InChI=1S/C20H19Cl2N5O3S/c1-3-27-19(12(2)26-31(28,29)18-10-14(21)5-7-16(18)22)24-25-20(27)30-15-6-4-13-8-9-23-17(13)11-15/h4-12,23,26H,3H2,1-2H3/t12-/m1/s1. The van der Waals surface area contributed by atoms with E-state index in [9.17, 15) is 8.42 Å². The lowest BCUT2D eigenvalue weighted by atomic mass is 10.2. The Bertz CT molecular complexity index is 1350. The number of aromatic amines is 1. The Kier molecular flexibility index (Phi) is 5.94. The summed E-state index contributed by atoms with van der Waals surface area (Å²) in [4.78, 5) is 3.02. The second-order valence-corrected chi connectivity index (χ2v) is 9.36. The topological polar surface area (TPSA) is 102 Å². The Balaban J connectivity index is 1.59. The van der Waals surface area contributed by atoms with Crippen LogP contribution in [-0.2, 0) is 16.6 Å². The molecule has 2 aromatic carbocycles. The van der Waals surface area contributed by atoms with Crippen LogP contribution in [0.5, 0.6) is 11.8 Å². The number of halogens is 2. The molecule has 0 aliphatic heterocycles. The van der Waals surface area contributed by atoms with Crippen molar-refractivity contribution in [1.82, 2.24) is 24.5 Å². The van der Waals surface area contributed by atoms with Crippen molar-refractivity contribution in [3.63, 3.8) is 0 Å². The Hall–Kier alpha value is -2.59. The van der Waals surface area contributed by atoms with E-state index in [1.807, 2.05) is 37.4 Å². The molecule has 11 heteroatoms. The van der Waals surface area contributed by atoms with Crippen LogP contribution in [0.1, 0.15) is 25.7 Å². The molecule has 0 saturated heterocycles. The number of H-pyrrole nitrogens is 1. The zero-order chi connectivity index (χ0) is 22.2. The molecule has 0 bridgehead atoms. The van der Waals surface area contributed by atoms with Crippen LogP contribution in [-0.4, -0.2) is 28.2 Å². The van der Waals surface area contributed by atoms with Crippen molar-refractivity contribution in [1.29, 1.82) is 0 Å². The largest absolute Gasteiger partial charge is 0.424 e. The van der Waals surface area contributed by atoms with Gasteiger partial charge in [-0.25, -0.2) is 13.1 Å². The molecule has 0 aliphatic rings. The summed E-state index contributed by atoms with van der Waals surface area (Å²) >= 11 is 12.0. The maximum absolute atomic E-state index is 12.8. The van der Waals surface area contributed by atoms with E-state index >= 15 is 0 Å². The van der Waals surface area contributed by atoms with Gasteiger partial charge < -0.3 is 9.72 Å². The molecular formula is C20H19Cl2N5O3S. The summed E-state index contributed by atoms with van der Waals surface area (Å²) < 4.78 is 35.9. The first-order valence-corrected chi connectivity index (χ1v) is 11.7. The van der Waals surface area contributed by atoms with Gasteiger partial charge in [-0.1, -0.05) is 28.3 Å². The van der Waals surface area contributed by atoms with Crippen LogP contribution in [0.3, 0.4) is 0 Å². The van der Waals surface area contributed by atoms with E-state index in [2.05, 4.69) is 19.9 Å². The van der Waals surface area contributed by atoms with E-state index < -0.39 is 16.1 Å². The third-order valence-corrected chi connectivity index (χ3v) is 6.96. The van der Waals surface area contributed by atoms with Crippen molar-refractivity contribution in [3.05, 3.63) is 64.5 Å². The number of nitrogens with one attached hydrogen (secondary N) is 2. The van der Waals surface area contributed by atoms with Crippen molar-refractivity contribution in [2.24, 2.45) is 0 Å². The third-order valence-electron chi connectivity index (χ3n) is 4.70. The van der Waals surface area contributed by atoms with Crippen molar-refractivity contribution < 1.29 is 13.2 Å². The van der Waals surface area contributed by atoms with Crippen LogP contribution >= 0.6 is 23.2 Å². The normalized spacial score (nSPS) is 12.9. The van der Waals surface area contributed by atoms with Crippen molar-refractivity contribution in [2.45, 2.75) is 31.3 Å². The van der Waals surface area contributed by atoms with Crippen LogP contribution in [0.2, 0.25) is 10.0 Å². The SMILES string of the molecule is CCn1c(Oc2ccc3cc[nH]c3c2)nnc1[C@@H](C)NS(=O)(=O)c1cc(Cl)ccc1Cl. The van der Waals surface area contributed by atoms with Crippen LogP contribution in [0.25, 0.3) is 10.9 Å². The Morgan fingerprint density at radius 3 is 2.74 bits per heavy atom. The fraction of sp³-hybridized carbons (Fsp3) is 0.200.